The van der Waals surface area contributed by atoms with Crippen molar-refractivity contribution in [3.63, 3.8) is 0 Å². The van der Waals surface area contributed by atoms with Crippen molar-refractivity contribution in [3.8, 4) is 0 Å². The van der Waals surface area contributed by atoms with Gasteiger partial charge in [0.15, 0.2) is 0 Å². The molecule has 1 fully saturated rings. The molecule has 5 rings (SSSR count). The van der Waals surface area contributed by atoms with Gasteiger partial charge in [-0.25, -0.2) is 14.8 Å². The molecule has 3 N–H and O–H groups in total. The number of aromatic nitrogens is 4. The number of benzene rings is 1. The lowest BCUT2D eigenvalue weighted by molar-refractivity contribution is 0.102. The Morgan fingerprint density at radius 1 is 1.15 bits per heavy atom. The first-order valence-corrected chi connectivity index (χ1v) is 10.5. The molecule has 0 spiro atoms. The second-order valence-electron chi connectivity index (χ2n) is 7.69. The van der Waals surface area contributed by atoms with E-state index >= 15 is 0 Å². The number of carbonyl (C=O) groups excluding carboxylic acids is 2. The highest BCUT2D eigenvalue weighted by Gasteiger charge is 2.22. The van der Waals surface area contributed by atoms with Crippen LogP contribution in [-0.4, -0.2) is 44.8 Å². The number of nitrogens with zero attached hydrogens (tertiary/aromatic N) is 5. The molecule has 4 aromatic rings. The second-order valence-corrected chi connectivity index (χ2v) is 7.69. The summed E-state index contributed by atoms with van der Waals surface area (Å²) in [5.74, 6) is 0.782. The summed E-state index contributed by atoms with van der Waals surface area (Å²) in [6, 6.07) is 12.6. The highest BCUT2D eigenvalue weighted by Crippen LogP contribution is 2.21. The molecule has 10 heteroatoms. The number of anilines is 3. The summed E-state index contributed by atoms with van der Waals surface area (Å²) in [4.78, 5) is 35.1. The maximum Gasteiger partial charge on any atom is 0.323 e. The Morgan fingerprint density at radius 3 is 2.91 bits per heavy atom. The van der Waals surface area contributed by atoms with Crippen molar-refractivity contribution in [1.82, 2.24) is 25.1 Å². The van der Waals surface area contributed by atoms with Gasteiger partial charge in [0.25, 0.3) is 5.91 Å². The Kier molecular flexibility index (Phi) is 5.31. The summed E-state index contributed by atoms with van der Waals surface area (Å²) in [5.41, 5.74) is 2.80. The third kappa shape index (κ3) is 4.31. The maximum absolute atomic E-state index is 13.0. The van der Waals surface area contributed by atoms with Gasteiger partial charge >= 0.3 is 6.03 Å². The first-order chi connectivity index (χ1) is 16.1. The number of nitrogens with one attached hydrogen (secondary N) is 3. The van der Waals surface area contributed by atoms with E-state index in [2.05, 4.69) is 31.0 Å². The minimum atomic E-state index is -0.273. The average Bonchev–Trinajstić information content (AvgIpc) is 3.42. The number of amides is 3. The van der Waals surface area contributed by atoms with Gasteiger partial charge in [0.1, 0.15) is 11.6 Å². The standard InChI is InChI=1S/C23H22N8O2/c1-30-14-16-4-5-17(12-19(16)29-30)28-22(32)18-3-2-7-25-21(18)27-13-15-6-8-24-20(11-15)31-10-9-26-23(31)33/h2-8,11-12,14H,9-10,13H2,1H3,(H,25,27)(H,26,33)(H,28,32). The van der Waals surface area contributed by atoms with E-state index in [1.165, 1.54) is 0 Å². The van der Waals surface area contributed by atoms with E-state index in [1.54, 1.807) is 34.1 Å². The molecule has 1 aromatic carbocycles. The van der Waals surface area contributed by atoms with Crippen LogP contribution in [0.25, 0.3) is 10.9 Å². The molecule has 1 saturated heterocycles. The summed E-state index contributed by atoms with van der Waals surface area (Å²) < 4.78 is 1.74. The van der Waals surface area contributed by atoms with Gasteiger partial charge in [-0.2, -0.15) is 5.10 Å². The Balaban J connectivity index is 1.30. The molecule has 0 aliphatic carbocycles. The van der Waals surface area contributed by atoms with Crippen LogP contribution in [0, 0.1) is 0 Å². The summed E-state index contributed by atoms with van der Waals surface area (Å²) in [7, 11) is 1.86. The molecule has 3 amide bonds. The Hall–Kier alpha value is -4.47. The number of hydrogen-bond donors (Lipinski definition) is 3. The monoisotopic (exact) mass is 442 g/mol. The molecule has 4 heterocycles. The van der Waals surface area contributed by atoms with E-state index in [0.29, 0.717) is 42.5 Å². The van der Waals surface area contributed by atoms with Gasteiger partial charge in [-0.15, -0.1) is 0 Å². The fourth-order valence-electron chi connectivity index (χ4n) is 3.74. The van der Waals surface area contributed by atoms with Crippen molar-refractivity contribution < 1.29 is 9.59 Å². The average molecular weight is 442 g/mol. The van der Waals surface area contributed by atoms with E-state index in [1.807, 2.05) is 43.6 Å². The number of carbonyl (C=O) groups is 2. The summed E-state index contributed by atoms with van der Waals surface area (Å²) in [6.07, 6.45) is 5.22. The Bertz CT molecular complexity index is 1350. The third-order valence-corrected chi connectivity index (χ3v) is 5.34. The van der Waals surface area contributed by atoms with Gasteiger partial charge in [-0.1, -0.05) is 0 Å². The van der Waals surface area contributed by atoms with Crippen LogP contribution >= 0.6 is 0 Å². The fraction of sp³-hybridized carbons (Fsp3) is 0.174. The van der Waals surface area contributed by atoms with Crippen LogP contribution in [0.5, 0.6) is 0 Å². The normalized spacial score (nSPS) is 13.2. The molecule has 0 radical (unpaired) electrons. The van der Waals surface area contributed by atoms with Crippen LogP contribution in [0.4, 0.5) is 22.1 Å². The Labute approximate surface area is 189 Å². The molecule has 0 saturated carbocycles. The highest BCUT2D eigenvalue weighted by molar-refractivity contribution is 6.08. The molecule has 10 nitrogen and oxygen atoms in total. The van der Waals surface area contributed by atoms with E-state index in [9.17, 15) is 9.59 Å². The topological polar surface area (TPSA) is 117 Å². The summed E-state index contributed by atoms with van der Waals surface area (Å²) in [6.45, 7) is 1.60. The lowest BCUT2D eigenvalue weighted by Crippen LogP contribution is -2.28. The van der Waals surface area contributed by atoms with Gasteiger partial charge < -0.3 is 16.0 Å². The summed E-state index contributed by atoms with van der Waals surface area (Å²) in [5, 5.41) is 14.3. The largest absolute Gasteiger partial charge is 0.365 e. The van der Waals surface area contributed by atoms with Crippen molar-refractivity contribution in [2.24, 2.45) is 7.05 Å². The van der Waals surface area contributed by atoms with E-state index in [4.69, 9.17) is 0 Å². The van der Waals surface area contributed by atoms with Gasteiger partial charge in [-0.05, 0) is 48.0 Å². The third-order valence-electron chi connectivity index (χ3n) is 5.34. The molecule has 0 bridgehead atoms. The van der Waals surface area contributed by atoms with Crippen LogP contribution in [0.15, 0.2) is 61.1 Å². The highest BCUT2D eigenvalue weighted by atomic mass is 16.2. The zero-order valence-corrected chi connectivity index (χ0v) is 17.9. The number of hydrogen-bond acceptors (Lipinski definition) is 6. The first-order valence-electron chi connectivity index (χ1n) is 10.5. The molecular weight excluding hydrogens is 420 g/mol. The fourth-order valence-corrected chi connectivity index (χ4v) is 3.74. The van der Waals surface area contributed by atoms with E-state index in [-0.39, 0.29) is 11.9 Å². The van der Waals surface area contributed by atoms with E-state index in [0.717, 1.165) is 16.5 Å². The molecule has 33 heavy (non-hydrogen) atoms. The minimum absolute atomic E-state index is 0.153. The lowest BCUT2D eigenvalue weighted by Gasteiger charge is -2.15. The lowest BCUT2D eigenvalue weighted by atomic mass is 10.2. The van der Waals surface area contributed by atoms with Crippen LogP contribution in [-0.2, 0) is 13.6 Å². The molecule has 166 valence electrons. The van der Waals surface area contributed by atoms with Gasteiger partial charge in [0.05, 0.1) is 11.1 Å². The van der Waals surface area contributed by atoms with Crippen molar-refractivity contribution in [2.75, 3.05) is 28.6 Å². The predicted molar refractivity (Wildman–Crippen MR) is 125 cm³/mol. The maximum atomic E-state index is 13.0. The second kappa shape index (κ2) is 8.58. The van der Waals surface area contributed by atoms with Gasteiger partial charge in [0.2, 0.25) is 0 Å². The molecule has 1 aliphatic rings. The number of urea groups is 1. The van der Waals surface area contributed by atoms with Crippen LogP contribution in [0.3, 0.4) is 0 Å². The van der Waals surface area contributed by atoms with E-state index < -0.39 is 0 Å². The number of pyridine rings is 2. The SMILES string of the molecule is Cn1cc2ccc(NC(=O)c3cccnc3NCc3ccnc(N4CCNC4=O)c3)cc2n1. The molecular formula is C23H22N8O2. The molecule has 0 atom stereocenters. The van der Waals surface area contributed by atoms with Crippen LogP contribution < -0.4 is 20.9 Å². The predicted octanol–water partition coefficient (Wildman–Crippen LogP) is 2.76. The van der Waals surface area contributed by atoms with Gasteiger partial charge in [0, 0.05) is 56.3 Å². The van der Waals surface area contributed by atoms with Gasteiger partial charge in [-0.3, -0.25) is 14.4 Å². The quantitative estimate of drug-likeness (QED) is 0.423. The number of rotatable bonds is 6. The molecule has 3 aromatic heterocycles. The molecule has 0 unspecified atom stereocenters. The smallest absolute Gasteiger partial charge is 0.323 e. The summed E-state index contributed by atoms with van der Waals surface area (Å²) >= 11 is 0. The van der Waals surface area contributed by atoms with Crippen molar-refractivity contribution >= 4 is 40.2 Å². The zero-order valence-electron chi connectivity index (χ0n) is 17.9. The van der Waals surface area contributed by atoms with Crippen molar-refractivity contribution in [1.29, 1.82) is 0 Å². The first kappa shape index (κ1) is 20.4. The van der Waals surface area contributed by atoms with Crippen molar-refractivity contribution in [3.05, 3.63) is 72.2 Å². The van der Waals surface area contributed by atoms with Crippen LogP contribution in [0.2, 0.25) is 0 Å². The molecule has 1 aliphatic heterocycles. The minimum Gasteiger partial charge on any atom is -0.365 e. The van der Waals surface area contributed by atoms with Crippen LogP contribution in [0.1, 0.15) is 15.9 Å². The number of fused-ring (bicyclic) bond motifs is 1. The zero-order chi connectivity index (χ0) is 22.8. The van der Waals surface area contributed by atoms with Crippen molar-refractivity contribution in [2.45, 2.75) is 6.54 Å². The Morgan fingerprint density at radius 2 is 2.06 bits per heavy atom. The number of aryl methyl sites for hydroxylation is 1.